The topological polar surface area (TPSA) is 247 Å². The first-order valence-electron chi connectivity index (χ1n) is 14.4. The average molecular weight is 642 g/mol. The summed E-state index contributed by atoms with van der Waals surface area (Å²) in [5.74, 6) is -11.5. The molecule has 0 saturated carbocycles. The molecule has 6 amide bonds. The van der Waals surface area contributed by atoms with Crippen molar-refractivity contribution in [3.63, 3.8) is 0 Å². The maximum atomic E-state index is 12.9. The van der Waals surface area contributed by atoms with Gasteiger partial charge in [-0.25, -0.2) is 0 Å². The fraction of sp³-hybridized carbons (Fsp3) is 0.643. The van der Waals surface area contributed by atoms with Gasteiger partial charge in [-0.1, -0.05) is 33.9 Å². The van der Waals surface area contributed by atoms with Crippen molar-refractivity contribution in [1.82, 2.24) is 20.4 Å². The smallest absolute Gasteiger partial charge is 0.257 e. The minimum Gasteiger partial charge on any atom is -0.353 e. The van der Waals surface area contributed by atoms with Crippen LogP contribution in [-0.4, -0.2) is 110 Å². The highest BCUT2D eigenvalue weighted by molar-refractivity contribution is 6.15. The number of amides is 6. The molecule has 17 nitrogen and oxygen atoms in total. The van der Waals surface area contributed by atoms with Crippen LogP contribution < -0.4 is 16.4 Å². The van der Waals surface area contributed by atoms with Gasteiger partial charge in [-0.3, -0.25) is 44.3 Å². The average Bonchev–Trinajstić information content (AvgIpc) is 3.38. The first kappa shape index (κ1) is 37.6. The molecule has 0 aliphatic carbocycles. The predicted octanol–water partition coefficient (Wildman–Crippen LogP) is -1.83. The van der Waals surface area contributed by atoms with E-state index in [-0.39, 0.29) is 43.3 Å². The second-order valence-corrected chi connectivity index (χ2v) is 10.9. The monoisotopic (exact) mass is 641 g/mol. The van der Waals surface area contributed by atoms with Gasteiger partial charge in [0.2, 0.25) is 41.4 Å². The molecule has 2 heterocycles. The van der Waals surface area contributed by atoms with Gasteiger partial charge in [0.1, 0.15) is 18.2 Å². The van der Waals surface area contributed by atoms with Crippen molar-refractivity contribution < 1.29 is 58.3 Å². The van der Waals surface area contributed by atoms with Gasteiger partial charge in [-0.15, -0.1) is 0 Å². The second kappa shape index (κ2) is 14.7. The zero-order chi connectivity index (χ0) is 34.5. The molecule has 252 valence electrons. The molecule has 0 aromatic heterocycles. The minimum absolute atomic E-state index is 0.0217. The number of nitrogens with zero attached hydrogens (tertiary/aromatic N) is 2. The summed E-state index contributed by atoms with van der Waals surface area (Å²) < 4.78 is 16.4. The lowest BCUT2D eigenvalue weighted by Crippen LogP contribution is -2.59. The van der Waals surface area contributed by atoms with E-state index in [0.717, 1.165) is 9.80 Å². The molecule has 5 atom stereocenters. The van der Waals surface area contributed by atoms with Gasteiger partial charge in [0.15, 0.2) is 0 Å². The number of ether oxygens (including phenoxy) is 3. The van der Waals surface area contributed by atoms with E-state index in [2.05, 4.69) is 23.8 Å². The van der Waals surface area contributed by atoms with Gasteiger partial charge in [-0.2, -0.15) is 0 Å². The number of rotatable bonds is 17. The van der Waals surface area contributed by atoms with E-state index in [0.29, 0.717) is 0 Å². The lowest BCUT2D eigenvalue weighted by molar-refractivity contribution is -0.298. The van der Waals surface area contributed by atoms with Crippen molar-refractivity contribution in [2.75, 3.05) is 13.2 Å². The molecule has 7 N–H and O–H groups in total. The second-order valence-electron chi connectivity index (χ2n) is 10.9. The molecule has 2 aliphatic rings. The van der Waals surface area contributed by atoms with Gasteiger partial charge in [0.05, 0.1) is 26.1 Å². The Balaban J connectivity index is 2.12. The van der Waals surface area contributed by atoms with E-state index >= 15 is 0 Å². The number of imide groups is 2. The van der Waals surface area contributed by atoms with E-state index in [1.807, 2.05) is 0 Å². The van der Waals surface area contributed by atoms with Crippen molar-refractivity contribution in [3.05, 3.63) is 24.3 Å². The van der Waals surface area contributed by atoms with Crippen LogP contribution in [-0.2, 0) is 43.0 Å². The largest absolute Gasteiger partial charge is 0.353 e. The summed E-state index contributed by atoms with van der Waals surface area (Å²) in [6.45, 7) is 12.7. The number of hydrogen-bond acceptors (Lipinski definition) is 13. The molecule has 2 rings (SSSR count). The Bertz CT molecular complexity index is 1150. The number of carbonyl (C=O) groups excluding carboxylic acids is 6. The number of nitrogens with one attached hydrogen (secondary N) is 2. The number of likely N-dealkylation sites (tertiary alicyclic amines) is 2. The minimum atomic E-state index is -2.36. The first-order chi connectivity index (χ1) is 20.7. The Labute approximate surface area is 260 Å². The molecular weight excluding hydrogens is 598 g/mol. The van der Waals surface area contributed by atoms with Gasteiger partial charge in [0.25, 0.3) is 11.8 Å². The van der Waals surface area contributed by atoms with E-state index in [1.54, 1.807) is 0 Å². The molecule has 2 aliphatic heterocycles. The standard InChI is InChI=1S/C28H43N5O12/c1-8-26(29,40)45-19(13-43-27(41,9-2)30-22(36)17(6)32-20(34)11-15(4)24(32)38)14-44-28(42,10-3)31-23(37)18(7)33-21(35)12-16(5)25(33)39/h17-19,40-42H,4-5,8-14,29H2,1-3,6-7H3,(H,30,36)(H,31,37). The molecule has 0 radical (unpaired) electrons. The highest BCUT2D eigenvalue weighted by Crippen LogP contribution is 2.23. The zero-order valence-electron chi connectivity index (χ0n) is 26.1. The predicted molar refractivity (Wildman–Crippen MR) is 153 cm³/mol. The van der Waals surface area contributed by atoms with Gasteiger partial charge >= 0.3 is 0 Å². The third kappa shape index (κ3) is 9.23. The Hall–Kier alpha value is -3.58. The fourth-order valence-corrected chi connectivity index (χ4v) is 4.27. The molecule has 17 heteroatoms. The molecule has 45 heavy (non-hydrogen) atoms. The molecular formula is C28H43N5O12. The number of carbonyl (C=O) groups is 6. The number of nitrogens with two attached hydrogens (primary N) is 1. The zero-order valence-corrected chi connectivity index (χ0v) is 26.1. The SMILES string of the molecule is C=C1CC(=O)N(C(C)C(=O)NC(O)(CC)OCC(COC(O)(CC)NC(=O)C(C)N2C(=O)CC(=C)C2=O)OC(N)(O)CC)C1=O. The van der Waals surface area contributed by atoms with Crippen LogP contribution in [0.1, 0.15) is 66.7 Å². The van der Waals surface area contributed by atoms with Crippen LogP contribution in [0.4, 0.5) is 0 Å². The van der Waals surface area contributed by atoms with Gasteiger partial charge in [-0.05, 0) is 13.8 Å². The number of aliphatic hydroxyl groups is 3. The Morgan fingerprint density at radius 2 is 1.16 bits per heavy atom. The lowest BCUT2D eigenvalue weighted by Gasteiger charge is -2.35. The summed E-state index contributed by atoms with van der Waals surface area (Å²) in [7, 11) is 0. The fourth-order valence-electron chi connectivity index (χ4n) is 4.27. The maximum Gasteiger partial charge on any atom is 0.257 e. The molecule has 0 aromatic carbocycles. The molecule has 5 unspecified atom stereocenters. The summed E-state index contributed by atoms with van der Waals surface area (Å²) in [5.41, 5.74) is 5.76. The van der Waals surface area contributed by atoms with Crippen molar-refractivity contribution in [1.29, 1.82) is 0 Å². The summed E-state index contributed by atoms with van der Waals surface area (Å²) in [5, 5.41) is 36.7. The highest BCUT2D eigenvalue weighted by atomic mass is 16.7. The Kier molecular flexibility index (Phi) is 12.3. The highest BCUT2D eigenvalue weighted by Gasteiger charge is 2.43. The van der Waals surface area contributed by atoms with Gasteiger partial charge in [0, 0.05) is 30.4 Å². The third-order valence-corrected chi connectivity index (χ3v) is 7.33. The Morgan fingerprint density at radius 1 is 0.800 bits per heavy atom. The molecule has 2 saturated heterocycles. The summed E-state index contributed by atoms with van der Waals surface area (Å²) in [4.78, 5) is 76.0. The lowest BCUT2D eigenvalue weighted by atomic mass is 10.2. The Morgan fingerprint density at radius 3 is 1.42 bits per heavy atom. The number of hydrogen-bond donors (Lipinski definition) is 6. The quantitative estimate of drug-likeness (QED) is 0.0582. The van der Waals surface area contributed by atoms with Crippen LogP contribution in [0.5, 0.6) is 0 Å². The van der Waals surface area contributed by atoms with Crippen LogP contribution in [0, 0.1) is 0 Å². The summed E-state index contributed by atoms with van der Waals surface area (Å²) >= 11 is 0. The molecule has 0 spiro atoms. The van der Waals surface area contributed by atoms with Crippen molar-refractivity contribution in [2.24, 2.45) is 5.73 Å². The molecule has 2 fully saturated rings. The third-order valence-electron chi connectivity index (χ3n) is 7.33. The maximum absolute atomic E-state index is 12.9. The van der Waals surface area contributed by atoms with E-state index < -0.39 is 84.6 Å². The van der Waals surface area contributed by atoms with E-state index in [4.69, 9.17) is 19.9 Å². The molecule has 0 aromatic rings. The van der Waals surface area contributed by atoms with E-state index in [1.165, 1.54) is 34.6 Å². The van der Waals surface area contributed by atoms with Crippen LogP contribution in [0.2, 0.25) is 0 Å². The normalized spacial score (nSPS) is 21.7. The van der Waals surface area contributed by atoms with Crippen LogP contribution in [0.3, 0.4) is 0 Å². The van der Waals surface area contributed by atoms with Crippen LogP contribution in [0.25, 0.3) is 0 Å². The van der Waals surface area contributed by atoms with Crippen molar-refractivity contribution in [3.8, 4) is 0 Å². The van der Waals surface area contributed by atoms with Crippen LogP contribution >= 0.6 is 0 Å². The van der Waals surface area contributed by atoms with Crippen molar-refractivity contribution in [2.45, 2.75) is 103 Å². The summed E-state index contributed by atoms with van der Waals surface area (Å²) in [6, 6.07) is -2.63. The molecule has 0 bridgehead atoms. The first-order valence-corrected chi connectivity index (χ1v) is 14.4. The van der Waals surface area contributed by atoms with Crippen LogP contribution in [0.15, 0.2) is 24.3 Å². The summed E-state index contributed by atoms with van der Waals surface area (Å²) in [6.07, 6.45) is -2.40. The van der Waals surface area contributed by atoms with Crippen molar-refractivity contribution >= 4 is 35.4 Å². The van der Waals surface area contributed by atoms with Gasteiger partial charge < -0.3 is 40.2 Å². The van der Waals surface area contributed by atoms with E-state index in [9.17, 15) is 44.1 Å².